The molecule has 0 fully saturated rings. The molecule has 19 heavy (non-hydrogen) atoms. The van der Waals surface area contributed by atoms with E-state index in [9.17, 15) is 5.11 Å². The Kier molecular flexibility index (Phi) is 5.57. The highest BCUT2D eigenvalue weighted by atomic mass is 32.1. The molecule has 0 aliphatic rings. The normalized spacial score (nSPS) is 11.2. The van der Waals surface area contributed by atoms with E-state index in [1.807, 2.05) is 12.1 Å². The van der Waals surface area contributed by atoms with Crippen LogP contribution in [0.1, 0.15) is 26.3 Å². The van der Waals surface area contributed by atoms with Gasteiger partial charge in [-0.15, -0.1) is 0 Å². The van der Waals surface area contributed by atoms with Gasteiger partial charge in [0.05, 0.1) is 5.71 Å². The van der Waals surface area contributed by atoms with Crippen molar-refractivity contribution in [3.63, 3.8) is 0 Å². The Bertz CT molecular complexity index is 484. The van der Waals surface area contributed by atoms with Crippen LogP contribution in [0.5, 0.6) is 5.75 Å². The minimum absolute atomic E-state index is 0.0959. The van der Waals surface area contributed by atoms with Crippen LogP contribution in [-0.2, 0) is 0 Å². The monoisotopic (exact) mass is 280 g/mol. The molecule has 4 N–H and O–H groups in total. The zero-order chi connectivity index (χ0) is 14.4. The Morgan fingerprint density at radius 1 is 1.42 bits per heavy atom. The summed E-state index contributed by atoms with van der Waals surface area (Å²) in [6.45, 7) is 7.72. The van der Waals surface area contributed by atoms with Gasteiger partial charge in [-0.3, -0.25) is 5.43 Å². The molecule has 5 nitrogen and oxygen atoms in total. The van der Waals surface area contributed by atoms with E-state index < -0.39 is 0 Å². The van der Waals surface area contributed by atoms with Gasteiger partial charge in [-0.2, -0.15) is 5.10 Å². The maximum absolute atomic E-state index is 10.1. The number of anilines is 1. The molecule has 0 radical (unpaired) electrons. The lowest BCUT2D eigenvalue weighted by Crippen LogP contribution is -2.25. The third-order valence-electron chi connectivity index (χ3n) is 2.83. The van der Waals surface area contributed by atoms with Crippen molar-refractivity contribution in [1.29, 1.82) is 0 Å². The van der Waals surface area contributed by atoms with Crippen LogP contribution in [0.4, 0.5) is 5.69 Å². The lowest BCUT2D eigenvalue weighted by Gasteiger charge is -2.21. The summed E-state index contributed by atoms with van der Waals surface area (Å²) in [5, 5.41) is 14.2. The molecule has 0 heterocycles. The van der Waals surface area contributed by atoms with Crippen LogP contribution in [0.25, 0.3) is 0 Å². The highest BCUT2D eigenvalue weighted by Crippen LogP contribution is 2.25. The van der Waals surface area contributed by atoms with Gasteiger partial charge >= 0.3 is 0 Å². The van der Waals surface area contributed by atoms with Crippen molar-refractivity contribution in [1.82, 2.24) is 5.43 Å². The third-order valence-corrected chi connectivity index (χ3v) is 2.92. The van der Waals surface area contributed by atoms with Crippen molar-refractivity contribution in [3.05, 3.63) is 23.8 Å². The molecular formula is C13H20N4OS. The summed E-state index contributed by atoms with van der Waals surface area (Å²) < 4.78 is 0. The van der Waals surface area contributed by atoms with Gasteiger partial charge in [-0.25, -0.2) is 0 Å². The Morgan fingerprint density at radius 2 is 2.05 bits per heavy atom. The molecule has 0 amide bonds. The number of hydrogen-bond acceptors (Lipinski definition) is 4. The van der Waals surface area contributed by atoms with Gasteiger partial charge in [-0.1, -0.05) is 0 Å². The van der Waals surface area contributed by atoms with Crippen molar-refractivity contribution < 1.29 is 5.11 Å². The van der Waals surface area contributed by atoms with Crippen LogP contribution in [-0.4, -0.2) is 29.0 Å². The fourth-order valence-corrected chi connectivity index (χ4v) is 1.86. The Morgan fingerprint density at radius 3 is 2.53 bits per heavy atom. The molecular weight excluding hydrogens is 260 g/mol. The maximum Gasteiger partial charge on any atom is 0.184 e. The summed E-state index contributed by atoms with van der Waals surface area (Å²) in [5.41, 5.74) is 10.1. The number of nitrogens with two attached hydrogens (primary N) is 1. The van der Waals surface area contributed by atoms with E-state index in [-0.39, 0.29) is 10.9 Å². The number of rotatable bonds is 5. The van der Waals surface area contributed by atoms with Crippen LogP contribution >= 0.6 is 12.2 Å². The van der Waals surface area contributed by atoms with Crippen LogP contribution < -0.4 is 16.1 Å². The van der Waals surface area contributed by atoms with Crippen molar-refractivity contribution in [2.45, 2.75) is 20.8 Å². The van der Waals surface area contributed by atoms with Gasteiger partial charge in [-0.05, 0) is 45.1 Å². The number of hydrogen-bond donors (Lipinski definition) is 3. The molecule has 0 saturated heterocycles. The smallest absolute Gasteiger partial charge is 0.184 e. The molecule has 1 aromatic rings. The second-order valence-corrected chi connectivity index (χ2v) is 4.49. The van der Waals surface area contributed by atoms with E-state index >= 15 is 0 Å². The highest BCUT2D eigenvalue weighted by Gasteiger charge is 2.09. The molecule has 104 valence electrons. The average molecular weight is 280 g/mol. The molecule has 0 bridgehead atoms. The lowest BCUT2D eigenvalue weighted by atomic mass is 10.1. The Balaban J connectivity index is 3.00. The van der Waals surface area contributed by atoms with Crippen molar-refractivity contribution in [2.24, 2.45) is 10.8 Å². The van der Waals surface area contributed by atoms with E-state index in [2.05, 4.69) is 41.5 Å². The standard InChI is InChI=1S/C13H20N4OS/c1-4-17(5-2)10-6-7-11(12(18)8-10)9(3)15-16-13(14)19/h6-8,18H,4-5H2,1-3H3,(H3,14,16,19)/b15-9+. The van der Waals surface area contributed by atoms with Crippen molar-refractivity contribution >= 4 is 28.7 Å². The first-order chi connectivity index (χ1) is 8.99. The van der Waals surface area contributed by atoms with Crippen LogP contribution in [0.2, 0.25) is 0 Å². The summed E-state index contributed by atoms with van der Waals surface area (Å²) in [6, 6.07) is 5.53. The van der Waals surface area contributed by atoms with Gasteiger partial charge in [0.1, 0.15) is 5.75 Å². The van der Waals surface area contributed by atoms with Crippen LogP contribution in [0.3, 0.4) is 0 Å². The van der Waals surface area contributed by atoms with Gasteiger partial charge in [0.25, 0.3) is 0 Å². The molecule has 0 aliphatic carbocycles. The minimum atomic E-state index is 0.0959. The predicted octanol–water partition coefficient (Wildman–Crippen LogP) is 1.80. The first-order valence-corrected chi connectivity index (χ1v) is 6.58. The number of aromatic hydroxyl groups is 1. The summed E-state index contributed by atoms with van der Waals surface area (Å²) >= 11 is 4.67. The van der Waals surface area contributed by atoms with Gasteiger partial charge in [0, 0.05) is 30.4 Å². The first kappa shape index (κ1) is 15.2. The number of phenols is 1. The molecule has 1 rings (SSSR count). The largest absolute Gasteiger partial charge is 0.507 e. The van der Waals surface area contributed by atoms with Gasteiger partial charge in [0.2, 0.25) is 0 Å². The van der Waals surface area contributed by atoms with Crippen molar-refractivity contribution in [3.8, 4) is 5.75 Å². The predicted molar refractivity (Wildman–Crippen MR) is 83.8 cm³/mol. The fourth-order valence-electron chi connectivity index (χ4n) is 1.81. The zero-order valence-corrected chi connectivity index (χ0v) is 12.3. The van der Waals surface area contributed by atoms with E-state index in [0.717, 1.165) is 18.8 Å². The second-order valence-electron chi connectivity index (χ2n) is 4.05. The van der Waals surface area contributed by atoms with E-state index in [4.69, 9.17) is 5.73 Å². The fraction of sp³-hybridized carbons (Fsp3) is 0.385. The SMILES string of the molecule is CCN(CC)c1ccc(/C(C)=N/NC(N)=S)c(O)c1. The van der Waals surface area contributed by atoms with Crippen LogP contribution in [0, 0.1) is 0 Å². The third kappa shape index (κ3) is 4.10. The molecule has 0 saturated carbocycles. The minimum Gasteiger partial charge on any atom is -0.507 e. The molecule has 0 aliphatic heterocycles. The van der Waals surface area contributed by atoms with E-state index in [1.165, 1.54) is 0 Å². The average Bonchev–Trinajstić information content (AvgIpc) is 2.37. The van der Waals surface area contributed by atoms with Gasteiger partial charge < -0.3 is 15.7 Å². The highest BCUT2D eigenvalue weighted by molar-refractivity contribution is 7.80. The molecule has 0 atom stereocenters. The first-order valence-electron chi connectivity index (χ1n) is 6.17. The Labute approximate surface area is 119 Å². The van der Waals surface area contributed by atoms with Gasteiger partial charge in [0.15, 0.2) is 5.11 Å². The summed E-state index contributed by atoms with van der Waals surface area (Å²) in [4.78, 5) is 2.16. The maximum atomic E-state index is 10.1. The molecule has 1 aromatic carbocycles. The molecule has 0 unspecified atom stereocenters. The quantitative estimate of drug-likeness (QED) is 0.436. The summed E-state index contributed by atoms with van der Waals surface area (Å²) in [7, 11) is 0. The molecule has 0 aromatic heterocycles. The number of nitrogens with zero attached hydrogens (tertiary/aromatic N) is 2. The van der Waals surface area contributed by atoms with E-state index in [1.54, 1.807) is 13.0 Å². The van der Waals surface area contributed by atoms with Crippen LogP contribution in [0.15, 0.2) is 23.3 Å². The molecule has 0 spiro atoms. The number of nitrogens with one attached hydrogen (secondary N) is 1. The second kappa shape index (κ2) is 6.94. The number of phenolic OH excluding ortho intramolecular Hbond substituents is 1. The number of hydrazone groups is 1. The van der Waals surface area contributed by atoms with E-state index in [0.29, 0.717) is 11.3 Å². The Hall–Kier alpha value is -1.82. The number of benzene rings is 1. The lowest BCUT2D eigenvalue weighted by molar-refractivity contribution is 0.474. The zero-order valence-electron chi connectivity index (χ0n) is 11.5. The summed E-state index contributed by atoms with van der Waals surface area (Å²) in [6.07, 6.45) is 0. The summed E-state index contributed by atoms with van der Waals surface area (Å²) in [5.74, 6) is 0.190. The number of thiocarbonyl (C=S) groups is 1. The topological polar surface area (TPSA) is 73.9 Å². The molecule has 6 heteroatoms. The van der Waals surface area contributed by atoms with Crippen molar-refractivity contribution in [2.75, 3.05) is 18.0 Å².